The van der Waals surface area contributed by atoms with Gasteiger partial charge in [0.1, 0.15) is 0 Å². The summed E-state index contributed by atoms with van der Waals surface area (Å²) in [5.41, 5.74) is 0. The third-order valence-electron chi connectivity index (χ3n) is 2.93. The van der Waals surface area contributed by atoms with Crippen LogP contribution in [0.15, 0.2) is 0 Å². The molecule has 2 atom stereocenters. The van der Waals surface area contributed by atoms with Gasteiger partial charge in [0.15, 0.2) is 0 Å². The van der Waals surface area contributed by atoms with Crippen LogP contribution in [0, 0.1) is 0 Å². The van der Waals surface area contributed by atoms with Gasteiger partial charge in [0.25, 0.3) is 0 Å². The van der Waals surface area contributed by atoms with Crippen molar-refractivity contribution >= 4 is 11.9 Å². The van der Waals surface area contributed by atoms with E-state index < -0.39 is 24.3 Å². The second-order valence-electron chi connectivity index (χ2n) is 4.75. The predicted molar refractivity (Wildman–Crippen MR) is 64.8 cm³/mol. The number of carboxylic acid groups (broad SMARTS) is 2. The molecule has 23 heavy (non-hydrogen) atoms. The summed E-state index contributed by atoms with van der Waals surface area (Å²) in [5, 5.41) is 17.8. The Morgan fingerprint density at radius 1 is 1.00 bits per heavy atom. The first-order chi connectivity index (χ1) is 10.3. The molecular weight excluding hydrogens is 338 g/mol. The van der Waals surface area contributed by atoms with Gasteiger partial charge < -0.3 is 20.4 Å². The molecule has 3 rings (SSSR count). The minimum absolute atomic E-state index is 0.837. The van der Waals surface area contributed by atoms with Crippen molar-refractivity contribution in [3.8, 4) is 0 Å². The Hall–Kier alpha value is -1.56. The van der Waals surface area contributed by atoms with Gasteiger partial charge in [0, 0.05) is 25.2 Å². The summed E-state index contributed by atoms with van der Waals surface area (Å²) in [7, 11) is 0. The second-order valence-corrected chi connectivity index (χ2v) is 4.75. The van der Waals surface area contributed by atoms with Crippen LogP contribution in [-0.2, 0) is 9.59 Å². The summed E-state index contributed by atoms with van der Waals surface area (Å²) < 4.78 is 63.5. The van der Waals surface area contributed by atoms with Gasteiger partial charge in [-0.2, -0.15) is 26.3 Å². The van der Waals surface area contributed by atoms with Gasteiger partial charge in [0.2, 0.25) is 0 Å². The molecule has 2 unspecified atom stereocenters. The van der Waals surface area contributed by atoms with E-state index in [-0.39, 0.29) is 0 Å². The molecule has 6 nitrogen and oxygen atoms in total. The first kappa shape index (κ1) is 21.4. The number of nitrogens with zero attached hydrogens (tertiary/aromatic N) is 1. The van der Waals surface area contributed by atoms with Crippen LogP contribution < -0.4 is 5.32 Å². The van der Waals surface area contributed by atoms with Gasteiger partial charge in [-0.05, 0) is 13.0 Å². The minimum atomic E-state index is -5.08. The van der Waals surface area contributed by atoms with E-state index in [1.165, 1.54) is 26.1 Å². The highest BCUT2D eigenvalue weighted by Crippen LogP contribution is 2.19. The van der Waals surface area contributed by atoms with E-state index in [1.54, 1.807) is 0 Å². The average molecular weight is 354 g/mol. The van der Waals surface area contributed by atoms with Crippen LogP contribution in [0.1, 0.15) is 13.3 Å². The Balaban J connectivity index is 0.000000322. The molecule has 0 radical (unpaired) electrons. The normalized spacial score (nSPS) is 23.4. The molecule has 0 aromatic carbocycles. The zero-order valence-electron chi connectivity index (χ0n) is 11.9. The molecule has 3 aliphatic rings. The maximum atomic E-state index is 10.6. The number of alkyl halides is 6. The summed E-state index contributed by atoms with van der Waals surface area (Å²) in [4.78, 5) is 20.3. The number of likely N-dealkylation sites (N-methyl/N-ethyl adjacent to an activating group) is 1. The molecule has 0 amide bonds. The molecule has 3 N–H and O–H groups in total. The Bertz CT molecular complexity index is 372. The van der Waals surface area contributed by atoms with Crippen LogP contribution in [0.25, 0.3) is 0 Å². The van der Waals surface area contributed by atoms with E-state index in [2.05, 4.69) is 17.1 Å². The van der Waals surface area contributed by atoms with E-state index in [4.69, 9.17) is 19.8 Å². The van der Waals surface area contributed by atoms with Gasteiger partial charge in [-0.3, -0.25) is 0 Å². The van der Waals surface area contributed by atoms with Crippen molar-refractivity contribution in [2.24, 2.45) is 0 Å². The fraction of sp³-hybridized carbons (Fsp3) is 0.818. The van der Waals surface area contributed by atoms with Crippen molar-refractivity contribution in [1.29, 1.82) is 0 Å². The molecular formula is C11H16F6N2O4. The minimum Gasteiger partial charge on any atom is -0.475 e. The van der Waals surface area contributed by atoms with Crippen LogP contribution in [0.5, 0.6) is 0 Å². The number of hydrogen-bond acceptors (Lipinski definition) is 4. The van der Waals surface area contributed by atoms with Crippen molar-refractivity contribution in [3.05, 3.63) is 0 Å². The average Bonchev–Trinajstić information content (AvgIpc) is 2.37. The summed E-state index contributed by atoms with van der Waals surface area (Å²) in [5.74, 6) is -5.51. The van der Waals surface area contributed by atoms with Crippen molar-refractivity contribution in [1.82, 2.24) is 10.2 Å². The van der Waals surface area contributed by atoms with Crippen LogP contribution in [-0.4, -0.2) is 71.1 Å². The number of carboxylic acids is 2. The highest BCUT2D eigenvalue weighted by atomic mass is 19.4. The number of piperazine rings is 1. The number of nitrogens with one attached hydrogen (secondary N) is 1. The number of piperidine rings is 1. The zero-order valence-corrected chi connectivity index (χ0v) is 11.9. The largest absolute Gasteiger partial charge is 0.490 e. The first-order valence-electron chi connectivity index (χ1n) is 6.36. The maximum Gasteiger partial charge on any atom is 0.490 e. The van der Waals surface area contributed by atoms with Gasteiger partial charge in [-0.25, -0.2) is 9.59 Å². The number of carbonyl (C=O) groups is 2. The lowest BCUT2D eigenvalue weighted by Crippen LogP contribution is -2.66. The Morgan fingerprint density at radius 3 is 1.39 bits per heavy atom. The lowest BCUT2D eigenvalue weighted by Gasteiger charge is -2.48. The highest BCUT2D eigenvalue weighted by molar-refractivity contribution is 5.73. The van der Waals surface area contributed by atoms with E-state index in [1.807, 2.05) is 0 Å². The third-order valence-corrected chi connectivity index (χ3v) is 2.93. The molecule has 2 bridgehead atoms. The third kappa shape index (κ3) is 8.59. The fourth-order valence-electron chi connectivity index (χ4n) is 1.86. The van der Waals surface area contributed by atoms with Gasteiger partial charge in [-0.15, -0.1) is 0 Å². The number of rotatable bonds is 1. The number of fused-ring (bicyclic) bond motifs is 2. The van der Waals surface area contributed by atoms with Crippen LogP contribution >= 0.6 is 0 Å². The maximum absolute atomic E-state index is 10.6. The van der Waals surface area contributed by atoms with E-state index >= 15 is 0 Å². The molecule has 0 spiro atoms. The standard InChI is InChI=1S/C7H14N2.2C2HF3O2/c1-2-9-4-6-3-7(5-9)8-6;2*3-2(4,5)1(6)7/h6-8H,2-5H2,1H3;2*(H,6,7). The summed E-state index contributed by atoms with van der Waals surface area (Å²) >= 11 is 0. The summed E-state index contributed by atoms with van der Waals surface area (Å²) in [6.07, 6.45) is -8.74. The Labute approximate surface area is 127 Å². The van der Waals surface area contributed by atoms with Gasteiger partial charge >= 0.3 is 24.3 Å². The quantitative estimate of drug-likeness (QED) is 0.616. The number of aliphatic carboxylic acids is 2. The van der Waals surface area contributed by atoms with Crippen LogP contribution in [0.4, 0.5) is 26.3 Å². The molecule has 136 valence electrons. The van der Waals surface area contributed by atoms with Gasteiger partial charge in [-0.1, -0.05) is 6.92 Å². The molecule has 0 aromatic rings. The van der Waals surface area contributed by atoms with Crippen molar-refractivity contribution in [2.75, 3.05) is 19.6 Å². The molecule has 3 heterocycles. The van der Waals surface area contributed by atoms with E-state index in [0.29, 0.717) is 0 Å². The molecule has 3 fully saturated rings. The van der Waals surface area contributed by atoms with Crippen molar-refractivity contribution in [2.45, 2.75) is 37.8 Å². The van der Waals surface area contributed by atoms with Gasteiger partial charge in [0.05, 0.1) is 0 Å². The van der Waals surface area contributed by atoms with E-state index in [0.717, 1.165) is 12.1 Å². The molecule has 0 saturated carbocycles. The molecule has 3 aliphatic heterocycles. The monoisotopic (exact) mass is 354 g/mol. The summed E-state index contributed by atoms with van der Waals surface area (Å²) in [6, 6.07) is 1.67. The lowest BCUT2D eigenvalue weighted by molar-refractivity contribution is -0.193. The van der Waals surface area contributed by atoms with E-state index in [9.17, 15) is 26.3 Å². The molecule has 0 aliphatic carbocycles. The molecule has 0 aromatic heterocycles. The Morgan fingerprint density at radius 2 is 1.26 bits per heavy atom. The highest BCUT2D eigenvalue weighted by Gasteiger charge is 2.39. The molecule has 12 heteroatoms. The number of hydrogen-bond donors (Lipinski definition) is 3. The predicted octanol–water partition coefficient (Wildman–Crippen LogP) is 1.32. The Kier molecular flexibility index (Phi) is 7.77. The van der Waals surface area contributed by atoms with Crippen LogP contribution in [0.2, 0.25) is 0 Å². The first-order valence-corrected chi connectivity index (χ1v) is 6.36. The number of halogens is 6. The smallest absolute Gasteiger partial charge is 0.475 e. The second kappa shape index (κ2) is 8.34. The SMILES string of the molecule is CCN1CC2CC(C1)N2.O=C(O)C(F)(F)F.O=C(O)C(F)(F)F. The fourth-order valence-corrected chi connectivity index (χ4v) is 1.86. The van der Waals surface area contributed by atoms with Crippen molar-refractivity contribution < 1.29 is 46.1 Å². The summed E-state index contributed by atoms with van der Waals surface area (Å²) in [6.45, 7) is 6.04. The van der Waals surface area contributed by atoms with Crippen LogP contribution in [0.3, 0.4) is 0 Å². The topological polar surface area (TPSA) is 89.9 Å². The lowest BCUT2D eigenvalue weighted by atomic mass is 9.91. The molecule has 3 saturated heterocycles. The van der Waals surface area contributed by atoms with Crippen molar-refractivity contribution in [3.63, 3.8) is 0 Å². The zero-order chi connectivity index (χ0) is 18.4.